The number of anilines is 2. The largest absolute Gasteiger partial charge is 0.310 e. The van der Waals surface area contributed by atoms with Crippen molar-refractivity contribution in [2.75, 3.05) is 10.0 Å². The Bertz CT molecular complexity index is 1070. The van der Waals surface area contributed by atoms with Crippen molar-refractivity contribution in [1.29, 1.82) is 0 Å². The Labute approximate surface area is 174 Å². The van der Waals surface area contributed by atoms with E-state index in [0.717, 1.165) is 10.5 Å². The Morgan fingerprint density at radius 1 is 1.00 bits per heavy atom. The van der Waals surface area contributed by atoms with E-state index in [9.17, 15) is 13.2 Å². The van der Waals surface area contributed by atoms with Gasteiger partial charge in [-0.25, -0.2) is 13.4 Å². The van der Waals surface area contributed by atoms with Gasteiger partial charge in [0.25, 0.3) is 10.0 Å². The fourth-order valence-electron chi connectivity index (χ4n) is 2.46. The van der Waals surface area contributed by atoms with Crippen LogP contribution >= 0.6 is 11.8 Å². The lowest BCUT2D eigenvalue weighted by Crippen LogP contribution is -2.22. The van der Waals surface area contributed by atoms with Gasteiger partial charge in [0.1, 0.15) is 5.82 Å². The number of benzene rings is 2. The average Bonchev–Trinajstić information content (AvgIpc) is 2.70. The van der Waals surface area contributed by atoms with Crippen molar-refractivity contribution in [3.63, 3.8) is 0 Å². The van der Waals surface area contributed by atoms with Crippen LogP contribution in [0.5, 0.6) is 0 Å². The minimum absolute atomic E-state index is 0.155. The fraction of sp³-hybridized carbons (Fsp3) is 0.143. The van der Waals surface area contributed by atoms with Crippen LogP contribution in [0.3, 0.4) is 0 Å². The Morgan fingerprint density at radius 2 is 1.69 bits per heavy atom. The molecule has 0 radical (unpaired) electrons. The number of hydrogen-bond donors (Lipinski definition) is 2. The van der Waals surface area contributed by atoms with Crippen LogP contribution in [0, 0.1) is 6.92 Å². The number of aryl methyl sites for hydroxylation is 1. The Morgan fingerprint density at radius 3 is 2.31 bits per heavy atom. The van der Waals surface area contributed by atoms with Crippen molar-refractivity contribution in [1.82, 2.24) is 4.98 Å². The molecule has 1 aromatic heterocycles. The summed E-state index contributed by atoms with van der Waals surface area (Å²) in [5.74, 6) is 0.351. The molecule has 0 fully saturated rings. The molecule has 1 heterocycles. The zero-order valence-electron chi connectivity index (χ0n) is 16.0. The molecule has 2 N–H and O–H groups in total. The van der Waals surface area contributed by atoms with E-state index < -0.39 is 10.0 Å². The number of carbonyl (C=O) groups excluding carboxylic acids is 1. The predicted octanol–water partition coefficient (Wildman–Crippen LogP) is 4.31. The summed E-state index contributed by atoms with van der Waals surface area (Å²) >= 11 is 1.38. The van der Waals surface area contributed by atoms with Gasteiger partial charge < -0.3 is 5.32 Å². The van der Waals surface area contributed by atoms with E-state index in [2.05, 4.69) is 15.0 Å². The summed E-state index contributed by atoms with van der Waals surface area (Å²) in [7, 11) is -3.64. The van der Waals surface area contributed by atoms with E-state index in [1.807, 2.05) is 6.92 Å². The van der Waals surface area contributed by atoms with Gasteiger partial charge in [0.05, 0.1) is 10.1 Å². The molecule has 0 bridgehead atoms. The number of nitrogens with zero attached hydrogens (tertiary/aromatic N) is 1. The van der Waals surface area contributed by atoms with Crippen LogP contribution in [-0.4, -0.2) is 24.6 Å². The number of amides is 1. The molecule has 29 heavy (non-hydrogen) atoms. The van der Waals surface area contributed by atoms with Crippen molar-refractivity contribution in [2.45, 2.75) is 28.9 Å². The number of thioether (sulfide) groups is 1. The molecule has 0 aliphatic heterocycles. The van der Waals surface area contributed by atoms with E-state index >= 15 is 0 Å². The molecule has 0 saturated heterocycles. The monoisotopic (exact) mass is 427 g/mol. The standard InChI is InChI=1S/C21H21N3O3S2/c1-15-6-12-19(13-7-15)29(26,27)24-17-8-10-18(11-9-17)28-16(2)21(25)23-20-5-3-4-14-22-20/h3-14,16,24H,1-2H3,(H,22,23,25). The molecule has 6 nitrogen and oxygen atoms in total. The predicted molar refractivity (Wildman–Crippen MR) is 117 cm³/mol. The van der Waals surface area contributed by atoms with Gasteiger partial charge in [0.15, 0.2) is 0 Å². The van der Waals surface area contributed by atoms with Gasteiger partial charge in [-0.05, 0) is 62.4 Å². The molecule has 1 atom stereocenters. The van der Waals surface area contributed by atoms with Crippen LogP contribution in [0.2, 0.25) is 0 Å². The molecule has 8 heteroatoms. The zero-order valence-corrected chi connectivity index (χ0v) is 17.6. The first-order valence-electron chi connectivity index (χ1n) is 8.91. The summed E-state index contributed by atoms with van der Waals surface area (Å²) in [4.78, 5) is 17.4. The molecule has 0 saturated carbocycles. The highest BCUT2D eigenvalue weighted by Gasteiger charge is 2.16. The van der Waals surface area contributed by atoms with Gasteiger partial charge >= 0.3 is 0 Å². The molecule has 150 valence electrons. The summed E-state index contributed by atoms with van der Waals surface area (Å²) in [5, 5.41) is 2.42. The van der Waals surface area contributed by atoms with E-state index in [1.165, 1.54) is 11.8 Å². The third-order valence-electron chi connectivity index (χ3n) is 4.04. The molecule has 3 rings (SSSR count). The van der Waals surface area contributed by atoms with Crippen molar-refractivity contribution >= 4 is 39.2 Å². The maximum atomic E-state index is 12.5. The van der Waals surface area contributed by atoms with Crippen LogP contribution in [0.4, 0.5) is 11.5 Å². The highest BCUT2D eigenvalue weighted by Crippen LogP contribution is 2.26. The molecule has 1 amide bonds. The number of carbonyl (C=O) groups is 1. The van der Waals surface area contributed by atoms with Gasteiger partial charge in [-0.1, -0.05) is 23.8 Å². The van der Waals surface area contributed by atoms with Crippen LogP contribution < -0.4 is 10.0 Å². The molecule has 0 aliphatic rings. The van der Waals surface area contributed by atoms with Crippen molar-refractivity contribution < 1.29 is 13.2 Å². The summed E-state index contributed by atoms with van der Waals surface area (Å²) < 4.78 is 27.5. The maximum Gasteiger partial charge on any atom is 0.261 e. The van der Waals surface area contributed by atoms with Crippen molar-refractivity contribution in [2.24, 2.45) is 0 Å². The topological polar surface area (TPSA) is 88.2 Å². The summed E-state index contributed by atoms with van der Waals surface area (Å²) in [5.41, 5.74) is 1.45. The van der Waals surface area contributed by atoms with Crippen LogP contribution in [0.1, 0.15) is 12.5 Å². The lowest BCUT2D eigenvalue weighted by Gasteiger charge is -2.12. The van der Waals surface area contributed by atoms with Crippen LogP contribution in [0.25, 0.3) is 0 Å². The molecule has 0 aliphatic carbocycles. The highest BCUT2D eigenvalue weighted by atomic mass is 32.2. The Balaban J connectivity index is 1.61. The third-order valence-corrected chi connectivity index (χ3v) is 6.55. The van der Waals surface area contributed by atoms with Crippen LogP contribution in [-0.2, 0) is 14.8 Å². The normalized spacial score (nSPS) is 12.2. The quantitative estimate of drug-likeness (QED) is 0.549. The van der Waals surface area contributed by atoms with Gasteiger partial charge in [0, 0.05) is 16.8 Å². The minimum atomic E-state index is -3.64. The lowest BCUT2D eigenvalue weighted by molar-refractivity contribution is -0.115. The zero-order chi connectivity index (χ0) is 20.9. The number of aromatic nitrogens is 1. The molecular formula is C21H21N3O3S2. The summed E-state index contributed by atoms with van der Waals surface area (Å²) in [6, 6.07) is 18.9. The van der Waals surface area contributed by atoms with Gasteiger partial charge in [-0.3, -0.25) is 9.52 Å². The molecule has 3 aromatic rings. The van der Waals surface area contributed by atoms with Gasteiger partial charge in [0.2, 0.25) is 5.91 Å². The van der Waals surface area contributed by atoms with E-state index in [0.29, 0.717) is 11.5 Å². The first-order valence-corrected chi connectivity index (χ1v) is 11.3. The summed E-state index contributed by atoms with van der Waals surface area (Å²) in [6.45, 7) is 3.70. The second-order valence-corrected chi connectivity index (χ2v) is 9.50. The van der Waals surface area contributed by atoms with Gasteiger partial charge in [-0.2, -0.15) is 0 Å². The average molecular weight is 428 g/mol. The second-order valence-electron chi connectivity index (χ2n) is 6.41. The lowest BCUT2D eigenvalue weighted by atomic mass is 10.2. The third kappa shape index (κ3) is 5.82. The molecule has 2 aromatic carbocycles. The van der Waals surface area contributed by atoms with Gasteiger partial charge in [-0.15, -0.1) is 11.8 Å². The van der Waals surface area contributed by atoms with E-state index in [1.54, 1.807) is 79.9 Å². The number of pyridine rings is 1. The molecular weight excluding hydrogens is 406 g/mol. The first-order chi connectivity index (χ1) is 13.8. The number of hydrogen-bond acceptors (Lipinski definition) is 5. The van der Waals surface area contributed by atoms with E-state index in [-0.39, 0.29) is 16.1 Å². The highest BCUT2D eigenvalue weighted by molar-refractivity contribution is 8.00. The van der Waals surface area contributed by atoms with Crippen molar-refractivity contribution in [3.05, 3.63) is 78.5 Å². The SMILES string of the molecule is Cc1ccc(S(=O)(=O)Nc2ccc(SC(C)C(=O)Nc3ccccn3)cc2)cc1. The smallest absolute Gasteiger partial charge is 0.261 e. The molecule has 1 unspecified atom stereocenters. The number of nitrogens with one attached hydrogen (secondary N) is 2. The molecule has 0 spiro atoms. The second kappa shape index (κ2) is 9.11. The number of rotatable bonds is 7. The maximum absolute atomic E-state index is 12.5. The van der Waals surface area contributed by atoms with Crippen molar-refractivity contribution in [3.8, 4) is 0 Å². The number of sulfonamides is 1. The van der Waals surface area contributed by atoms with Crippen LogP contribution in [0.15, 0.2) is 82.7 Å². The first kappa shape index (κ1) is 20.9. The Kier molecular flexibility index (Phi) is 6.56. The van der Waals surface area contributed by atoms with E-state index in [4.69, 9.17) is 0 Å². The fourth-order valence-corrected chi connectivity index (χ4v) is 4.38. The summed E-state index contributed by atoms with van der Waals surface area (Å²) in [6.07, 6.45) is 1.61. The minimum Gasteiger partial charge on any atom is -0.310 e. The Hall–Kier alpha value is -2.84.